The second-order valence-electron chi connectivity index (χ2n) is 8.30. The molecule has 4 rings (SSSR count). The van der Waals surface area contributed by atoms with Crippen molar-refractivity contribution in [2.75, 3.05) is 19.0 Å². The summed E-state index contributed by atoms with van der Waals surface area (Å²) < 4.78 is 0. The van der Waals surface area contributed by atoms with Crippen LogP contribution in [-0.4, -0.2) is 68.5 Å². The van der Waals surface area contributed by atoms with Crippen LogP contribution in [0.4, 0.5) is 5.69 Å². The van der Waals surface area contributed by atoms with Crippen LogP contribution < -0.4 is 10.6 Å². The normalized spacial score (nSPS) is 28.4. The van der Waals surface area contributed by atoms with Gasteiger partial charge in [0.2, 0.25) is 11.6 Å². The largest absolute Gasteiger partial charge is 0.507 e. The van der Waals surface area contributed by atoms with Crippen molar-refractivity contribution < 1.29 is 40.0 Å². The molecule has 7 N–H and O–H groups in total. The molecule has 3 aliphatic carbocycles. The van der Waals surface area contributed by atoms with Crippen LogP contribution in [0.15, 0.2) is 34.2 Å². The summed E-state index contributed by atoms with van der Waals surface area (Å²) in [5.74, 6) is -8.20. The average molecular weight is 443 g/mol. The maximum Gasteiger partial charge on any atom is 0.256 e. The van der Waals surface area contributed by atoms with Crippen LogP contribution in [0, 0.1) is 11.8 Å². The molecule has 168 valence electrons. The molecular weight excluding hydrogens is 422 g/mol. The van der Waals surface area contributed by atoms with E-state index in [9.17, 15) is 40.0 Å². The van der Waals surface area contributed by atoms with Gasteiger partial charge in [-0.3, -0.25) is 14.4 Å². The highest BCUT2D eigenvalue weighted by Crippen LogP contribution is 2.51. The number of nitrogens with two attached hydrogens (primary N) is 1. The summed E-state index contributed by atoms with van der Waals surface area (Å²) in [5.41, 5.74) is 1.45. The minimum Gasteiger partial charge on any atom is -0.507 e. The second-order valence-corrected chi connectivity index (χ2v) is 8.30. The lowest BCUT2D eigenvalue weighted by Gasteiger charge is -2.45. The molecule has 11 nitrogen and oxygen atoms in total. The number of phenols is 1. The first kappa shape index (κ1) is 21.4. The molecule has 0 bridgehead atoms. The Labute approximate surface area is 181 Å². The highest BCUT2D eigenvalue weighted by Gasteiger charge is 2.64. The molecule has 1 aromatic carbocycles. The molecule has 2 unspecified atom stereocenters. The van der Waals surface area contributed by atoms with Crippen molar-refractivity contribution >= 4 is 34.6 Å². The Balaban J connectivity index is 1.98. The number of primary amides is 1. The average Bonchev–Trinajstić information content (AvgIpc) is 2.70. The Morgan fingerprint density at radius 2 is 1.81 bits per heavy atom. The Morgan fingerprint density at radius 3 is 2.38 bits per heavy atom. The third-order valence-corrected chi connectivity index (χ3v) is 6.45. The van der Waals surface area contributed by atoms with E-state index in [4.69, 9.17) is 5.73 Å². The number of phenolic OH excluding ortho intramolecular Hbond substituents is 1. The van der Waals surface area contributed by atoms with E-state index in [1.807, 2.05) is 0 Å². The molecular formula is C21H21N3O8. The number of carbonyl (C=O) groups is 3. The first-order valence-corrected chi connectivity index (χ1v) is 9.69. The fraction of sp³-hybridized carbons (Fsp3) is 0.333. The molecule has 0 heterocycles. The Bertz CT molecular complexity index is 1200. The molecule has 0 aromatic heterocycles. The Hall–Kier alpha value is -3.86. The number of carbonyl (C=O) groups excluding carboxylic acids is 3. The van der Waals surface area contributed by atoms with Crippen molar-refractivity contribution in [3.63, 3.8) is 0 Å². The maximum atomic E-state index is 13.4. The van der Waals surface area contributed by atoms with Gasteiger partial charge in [-0.05, 0) is 36.5 Å². The van der Waals surface area contributed by atoms with Gasteiger partial charge in [0.15, 0.2) is 11.4 Å². The number of nitrogens with zero attached hydrogens (tertiary/aromatic N) is 2. The number of amides is 1. The summed E-state index contributed by atoms with van der Waals surface area (Å²) in [6.45, 7) is 0. The molecule has 1 saturated carbocycles. The SMILES string of the molecule is CN(C)c1ccc(O)c2c1CC1CC3/C(=N/O)C(O)=C(C(N)=O)C(=O)[C@@]3(O)C(=O)C1=C2O. The summed E-state index contributed by atoms with van der Waals surface area (Å²) in [6, 6.07) is 3.00. The minimum atomic E-state index is -2.93. The Morgan fingerprint density at radius 1 is 1.16 bits per heavy atom. The number of aromatic hydroxyl groups is 1. The van der Waals surface area contributed by atoms with Gasteiger partial charge in [-0.25, -0.2) is 0 Å². The zero-order chi connectivity index (χ0) is 23.7. The standard InChI is InChI=1S/C21H21N3O8/c1-24(2)10-3-4-11(25)13-8(10)5-7-6-9-15(23-32)17(27)14(20(22)30)19(29)21(9,31)18(28)12(7)16(13)26/h3-4,7,9,25-27,31-32H,5-6H2,1-2H3,(H2,22,30)/b23-15-/t7?,9?,21-/m0/s1. The molecule has 1 amide bonds. The van der Waals surface area contributed by atoms with Crippen molar-refractivity contribution in [1.29, 1.82) is 0 Å². The van der Waals surface area contributed by atoms with Crippen molar-refractivity contribution in [2.45, 2.75) is 18.4 Å². The quantitative estimate of drug-likeness (QED) is 0.157. The smallest absolute Gasteiger partial charge is 0.256 e. The highest BCUT2D eigenvalue weighted by atomic mass is 16.4. The number of ketones is 2. The number of aliphatic hydroxyl groups excluding tert-OH is 2. The number of rotatable bonds is 2. The van der Waals surface area contributed by atoms with E-state index in [0.717, 1.165) is 0 Å². The second kappa shape index (κ2) is 6.82. The summed E-state index contributed by atoms with van der Waals surface area (Å²) in [6.07, 6.45) is -0.0279. The predicted molar refractivity (Wildman–Crippen MR) is 110 cm³/mol. The van der Waals surface area contributed by atoms with Crippen molar-refractivity contribution in [1.82, 2.24) is 0 Å². The highest BCUT2D eigenvalue weighted by molar-refractivity contribution is 6.38. The van der Waals surface area contributed by atoms with Gasteiger partial charge in [-0.1, -0.05) is 5.16 Å². The zero-order valence-corrected chi connectivity index (χ0v) is 17.2. The topological polar surface area (TPSA) is 194 Å². The fourth-order valence-corrected chi connectivity index (χ4v) is 5.01. The Kier molecular flexibility index (Phi) is 4.56. The molecule has 0 aliphatic heterocycles. The lowest BCUT2D eigenvalue weighted by atomic mass is 9.58. The van der Waals surface area contributed by atoms with E-state index in [1.165, 1.54) is 6.07 Å². The number of hydrogen-bond acceptors (Lipinski definition) is 10. The fourth-order valence-electron chi connectivity index (χ4n) is 5.01. The van der Waals surface area contributed by atoms with Crippen LogP contribution in [0.3, 0.4) is 0 Å². The zero-order valence-electron chi connectivity index (χ0n) is 17.2. The van der Waals surface area contributed by atoms with E-state index in [0.29, 0.717) is 11.3 Å². The van der Waals surface area contributed by atoms with Gasteiger partial charge in [0, 0.05) is 25.4 Å². The van der Waals surface area contributed by atoms with Gasteiger partial charge in [-0.2, -0.15) is 0 Å². The molecule has 3 aliphatic rings. The number of Topliss-reactive ketones (excluding diaryl/α,β-unsaturated/α-hetero) is 2. The number of anilines is 1. The first-order valence-electron chi connectivity index (χ1n) is 9.69. The van der Waals surface area contributed by atoms with Crippen LogP contribution in [0.5, 0.6) is 5.75 Å². The van der Waals surface area contributed by atoms with Crippen LogP contribution >= 0.6 is 0 Å². The van der Waals surface area contributed by atoms with Crippen LogP contribution in [0.2, 0.25) is 0 Å². The number of allylic oxidation sites excluding steroid dienone is 1. The molecule has 3 atom stereocenters. The van der Waals surface area contributed by atoms with Crippen LogP contribution in [0.25, 0.3) is 5.76 Å². The molecule has 0 radical (unpaired) electrons. The number of hydrogen-bond donors (Lipinski definition) is 6. The van der Waals surface area contributed by atoms with E-state index in [1.54, 1.807) is 25.1 Å². The summed E-state index contributed by atoms with van der Waals surface area (Å²) in [7, 11) is 3.52. The first-order chi connectivity index (χ1) is 15.0. The molecule has 11 heteroatoms. The lowest BCUT2D eigenvalue weighted by Crippen LogP contribution is -2.64. The number of oxime groups is 1. The molecule has 32 heavy (non-hydrogen) atoms. The van der Waals surface area contributed by atoms with E-state index in [-0.39, 0.29) is 29.7 Å². The minimum absolute atomic E-state index is 0.00525. The summed E-state index contributed by atoms with van der Waals surface area (Å²) in [5, 5.41) is 55.3. The third kappa shape index (κ3) is 2.51. The summed E-state index contributed by atoms with van der Waals surface area (Å²) >= 11 is 0. The molecule has 0 saturated heterocycles. The van der Waals surface area contributed by atoms with Crippen molar-refractivity contribution in [2.24, 2.45) is 22.7 Å². The van der Waals surface area contributed by atoms with E-state index >= 15 is 0 Å². The van der Waals surface area contributed by atoms with Crippen molar-refractivity contribution in [3.8, 4) is 5.75 Å². The molecule has 1 fully saturated rings. The van der Waals surface area contributed by atoms with E-state index in [2.05, 4.69) is 5.16 Å². The van der Waals surface area contributed by atoms with Gasteiger partial charge in [0.1, 0.15) is 22.8 Å². The number of benzene rings is 1. The van der Waals surface area contributed by atoms with Gasteiger partial charge in [-0.15, -0.1) is 0 Å². The summed E-state index contributed by atoms with van der Waals surface area (Å²) in [4.78, 5) is 39.9. The van der Waals surface area contributed by atoms with Crippen LogP contribution in [0.1, 0.15) is 17.5 Å². The number of aliphatic hydroxyl groups is 3. The maximum absolute atomic E-state index is 13.4. The van der Waals surface area contributed by atoms with Gasteiger partial charge in [0.25, 0.3) is 5.91 Å². The van der Waals surface area contributed by atoms with Gasteiger partial charge < -0.3 is 36.3 Å². The third-order valence-electron chi connectivity index (χ3n) is 6.45. The molecule has 1 aromatic rings. The van der Waals surface area contributed by atoms with Crippen molar-refractivity contribution in [3.05, 3.63) is 40.2 Å². The van der Waals surface area contributed by atoms with Gasteiger partial charge >= 0.3 is 0 Å². The molecule has 0 spiro atoms. The lowest BCUT2D eigenvalue weighted by molar-refractivity contribution is -0.153. The van der Waals surface area contributed by atoms with Gasteiger partial charge in [0.05, 0.1) is 11.5 Å². The number of fused-ring (bicyclic) bond motifs is 3. The van der Waals surface area contributed by atoms with Crippen LogP contribution in [-0.2, 0) is 20.8 Å². The monoisotopic (exact) mass is 443 g/mol. The van der Waals surface area contributed by atoms with E-state index < -0.39 is 57.7 Å². The predicted octanol–water partition coefficient (Wildman–Crippen LogP) is -0.0700.